The fraction of sp³-hybridized carbons (Fsp3) is 0.360. The number of nitrogens with one attached hydrogen (secondary N) is 1. The maximum absolute atomic E-state index is 5.88. The third-order valence-electron chi connectivity index (χ3n) is 4.99. The molecule has 0 aliphatic carbocycles. The molecule has 2 rings (SSSR count). The molecule has 2 aromatic rings. The van der Waals surface area contributed by atoms with Gasteiger partial charge in [0, 0.05) is 12.3 Å². The van der Waals surface area contributed by atoms with E-state index >= 15 is 0 Å². The first-order chi connectivity index (χ1) is 13.2. The molecule has 0 aliphatic heterocycles. The monoisotopic (exact) mass is 363 g/mol. The molecule has 2 heteroatoms. The Kier molecular flexibility index (Phi) is 8.86. The van der Waals surface area contributed by atoms with Gasteiger partial charge in [-0.15, -0.1) is 0 Å². The van der Waals surface area contributed by atoms with Crippen LogP contribution in [0, 0.1) is 5.92 Å². The summed E-state index contributed by atoms with van der Waals surface area (Å²) in [6.07, 6.45) is 4.99. The van der Waals surface area contributed by atoms with Crippen LogP contribution in [0.3, 0.4) is 0 Å². The van der Waals surface area contributed by atoms with Gasteiger partial charge in [0.25, 0.3) is 0 Å². The summed E-state index contributed by atoms with van der Waals surface area (Å²) in [6, 6.07) is 19.1. The molecule has 1 unspecified atom stereocenters. The summed E-state index contributed by atoms with van der Waals surface area (Å²) in [5.41, 5.74) is 6.42. The smallest absolute Gasteiger partial charge is 0.0716 e. The molecule has 0 bridgehead atoms. The molecule has 0 saturated carbocycles. The lowest BCUT2D eigenvalue weighted by atomic mass is 9.98. The minimum atomic E-state index is 0.534. The Morgan fingerprint density at radius 3 is 2.37 bits per heavy atom. The van der Waals surface area contributed by atoms with Crippen molar-refractivity contribution in [3.05, 3.63) is 84.2 Å². The average molecular weight is 364 g/mol. The van der Waals surface area contributed by atoms with Crippen LogP contribution in [-0.2, 0) is 11.3 Å². The Balaban J connectivity index is 1.77. The van der Waals surface area contributed by atoms with E-state index in [1.165, 1.54) is 28.0 Å². The normalized spacial score (nSPS) is 13.0. The molecule has 144 valence electrons. The highest BCUT2D eigenvalue weighted by Gasteiger charge is 2.08. The van der Waals surface area contributed by atoms with E-state index in [0.717, 1.165) is 25.9 Å². The molecule has 0 fully saturated rings. The van der Waals surface area contributed by atoms with Gasteiger partial charge in [-0.2, -0.15) is 0 Å². The molecule has 0 aliphatic rings. The summed E-state index contributed by atoms with van der Waals surface area (Å²) in [7, 11) is 0. The van der Waals surface area contributed by atoms with Gasteiger partial charge in [0.2, 0.25) is 0 Å². The van der Waals surface area contributed by atoms with Crippen molar-refractivity contribution in [2.24, 2.45) is 5.92 Å². The quantitative estimate of drug-likeness (QED) is 0.448. The Hall–Kier alpha value is -2.32. The Bertz CT molecular complexity index is 716. The van der Waals surface area contributed by atoms with Crippen LogP contribution in [0.15, 0.2) is 78.6 Å². The highest BCUT2D eigenvalue weighted by Crippen LogP contribution is 2.21. The topological polar surface area (TPSA) is 21.3 Å². The van der Waals surface area contributed by atoms with Gasteiger partial charge in [0.1, 0.15) is 0 Å². The maximum atomic E-state index is 5.88. The second-order valence-electron chi connectivity index (χ2n) is 7.07. The molecule has 1 N–H and O–H groups in total. The lowest BCUT2D eigenvalue weighted by molar-refractivity contribution is 0.118. The van der Waals surface area contributed by atoms with Crippen molar-refractivity contribution in [3.63, 3.8) is 0 Å². The molecule has 0 aromatic heterocycles. The van der Waals surface area contributed by atoms with Crippen LogP contribution < -0.4 is 5.32 Å². The van der Waals surface area contributed by atoms with Crippen LogP contribution in [0.1, 0.15) is 45.6 Å². The fourth-order valence-electron chi connectivity index (χ4n) is 3.19. The number of ether oxygens (including phenoxy) is 1. The SMILES string of the molecule is C=CN/C(=C(\C)CCCOCc1ccc(-c2ccccc2)cc1)C(C)CC. The minimum Gasteiger partial charge on any atom is -0.377 e. The maximum Gasteiger partial charge on any atom is 0.0716 e. The highest BCUT2D eigenvalue weighted by atomic mass is 16.5. The van der Waals surface area contributed by atoms with E-state index < -0.39 is 0 Å². The largest absolute Gasteiger partial charge is 0.377 e. The van der Waals surface area contributed by atoms with Gasteiger partial charge in [-0.05, 0) is 55.0 Å². The van der Waals surface area contributed by atoms with Crippen LogP contribution in [-0.4, -0.2) is 6.61 Å². The second-order valence-corrected chi connectivity index (χ2v) is 7.07. The van der Waals surface area contributed by atoms with Gasteiger partial charge in [0.05, 0.1) is 6.61 Å². The molecular formula is C25H33NO. The third-order valence-corrected chi connectivity index (χ3v) is 4.99. The van der Waals surface area contributed by atoms with E-state index in [4.69, 9.17) is 4.74 Å². The molecule has 0 spiro atoms. The van der Waals surface area contributed by atoms with Gasteiger partial charge >= 0.3 is 0 Å². The van der Waals surface area contributed by atoms with E-state index in [1.807, 2.05) is 6.07 Å². The Morgan fingerprint density at radius 1 is 1.07 bits per heavy atom. The van der Waals surface area contributed by atoms with E-state index in [2.05, 4.69) is 81.2 Å². The predicted octanol–water partition coefficient (Wildman–Crippen LogP) is 6.70. The van der Waals surface area contributed by atoms with Crippen molar-refractivity contribution in [1.82, 2.24) is 5.32 Å². The molecule has 0 amide bonds. The summed E-state index contributed by atoms with van der Waals surface area (Å²) >= 11 is 0. The molecule has 0 saturated heterocycles. The predicted molar refractivity (Wildman–Crippen MR) is 116 cm³/mol. The standard InChI is InChI=1S/C25H33NO/c1-5-20(3)25(26-6-2)21(4)11-10-18-27-19-22-14-16-24(17-15-22)23-12-8-7-9-13-23/h6-9,12-17,20,26H,2,5,10-11,18-19H2,1,3-4H3/b25-21+. The zero-order valence-corrected chi connectivity index (χ0v) is 17.0. The van der Waals surface area contributed by atoms with Crippen molar-refractivity contribution in [2.45, 2.75) is 46.6 Å². The van der Waals surface area contributed by atoms with Crippen molar-refractivity contribution in [2.75, 3.05) is 6.61 Å². The summed E-state index contributed by atoms with van der Waals surface area (Å²) in [5, 5.41) is 3.32. The zero-order valence-electron chi connectivity index (χ0n) is 17.0. The molecule has 0 heterocycles. The van der Waals surface area contributed by atoms with Crippen molar-refractivity contribution in [1.29, 1.82) is 0 Å². The molecular weight excluding hydrogens is 330 g/mol. The average Bonchev–Trinajstić information content (AvgIpc) is 2.72. The number of hydrogen-bond donors (Lipinski definition) is 1. The first-order valence-corrected chi connectivity index (χ1v) is 9.94. The fourth-order valence-corrected chi connectivity index (χ4v) is 3.19. The second kappa shape index (κ2) is 11.4. The highest BCUT2D eigenvalue weighted by molar-refractivity contribution is 5.63. The molecule has 0 radical (unpaired) electrons. The number of hydrogen-bond acceptors (Lipinski definition) is 2. The first kappa shape index (κ1) is 21.0. The van der Waals surface area contributed by atoms with Gasteiger partial charge in [-0.1, -0.05) is 80.6 Å². The van der Waals surface area contributed by atoms with Gasteiger partial charge in [0.15, 0.2) is 0 Å². The Labute approximate surface area is 165 Å². The van der Waals surface area contributed by atoms with Crippen LogP contribution in [0.4, 0.5) is 0 Å². The summed E-state index contributed by atoms with van der Waals surface area (Å²) in [5.74, 6) is 0.534. The van der Waals surface area contributed by atoms with Crippen LogP contribution in [0.2, 0.25) is 0 Å². The van der Waals surface area contributed by atoms with Crippen molar-refractivity contribution in [3.8, 4) is 11.1 Å². The van der Waals surface area contributed by atoms with E-state index in [0.29, 0.717) is 12.5 Å². The summed E-state index contributed by atoms with van der Waals surface area (Å²) in [4.78, 5) is 0. The molecule has 1 atom stereocenters. The number of allylic oxidation sites excluding steroid dienone is 2. The van der Waals surface area contributed by atoms with Crippen molar-refractivity contribution < 1.29 is 4.74 Å². The van der Waals surface area contributed by atoms with Gasteiger partial charge in [-0.25, -0.2) is 0 Å². The van der Waals surface area contributed by atoms with Crippen LogP contribution in [0.5, 0.6) is 0 Å². The summed E-state index contributed by atoms with van der Waals surface area (Å²) in [6.45, 7) is 11.9. The number of benzene rings is 2. The number of rotatable bonds is 11. The van der Waals surface area contributed by atoms with E-state index in [-0.39, 0.29) is 0 Å². The van der Waals surface area contributed by atoms with Crippen LogP contribution in [0.25, 0.3) is 11.1 Å². The van der Waals surface area contributed by atoms with Crippen molar-refractivity contribution >= 4 is 0 Å². The molecule has 2 nitrogen and oxygen atoms in total. The van der Waals surface area contributed by atoms with Gasteiger partial charge < -0.3 is 10.1 Å². The minimum absolute atomic E-state index is 0.534. The molecule has 27 heavy (non-hydrogen) atoms. The van der Waals surface area contributed by atoms with Crippen LogP contribution >= 0.6 is 0 Å². The first-order valence-electron chi connectivity index (χ1n) is 9.94. The Morgan fingerprint density at radius 2 is 1.74 bits per heavy atom. The van der Waals surface area contributed by atoms with E-state index in [1.54, 1.807) is 6.20 Å². The molecule has 2 aromatic carbocycles. The lowest BCUT2D eigenvalue weighted by Crippen LogP contribution is -2.15. The van der Waals surface area contributed by atoms with Gasteiger partial charge in [-0.3, -0.25) is 0 Å². The third kappa shape index (κ3) is 6.73. The summed E-state index contributed by atoms with van der Waals surface area (Å²) < 4.78 is 5.88. The zero-order chi connectivity index (χ0) is 19.5. The lowest BCUT2D eigenvalue weighted by Gasteiger charge is -2.18. The van der Waals surface area contributed by atoms with E-state index in [9.17, 15) is 0 Å².